The van der Waals surface area contributed by atoms with Crippen LogP contribution in [0.1, 0.15) is 5.56 Å². The number of halogens is 1. The highest BCUT2D eigenvalue weighted by Gasteiger charge is 2.06. The van der Waals surface area contributed by atoms with Gasteiger partial charge >= 0.3 is 0 Å². The second-order valence-electron chi connectivity index (χ2n) is 4.51. The second-order valence-corrected chi connectivity index (χ2v) is 5.98. The van der Waals surface area contributed by atoms with Gasteiger partial charge in [-0.3, -0.25) is 4.98 Å². The minimum absolute atomic E-state index is 0.732. The van der Waals surface area contributed by atoms with E-state index in [1.54, 1.807) is 6.20 Å². The third kappa shape index (κ3) is 3.40. The van der Waals surface area contributed by atoms with Crippen molar-refractivity contribution in [3.05, 3.63) is 65.3 Å². The van der Waals surface area contributed by atoms with Crippen LogP contribution in [0.4, 0.5) is 0 Å². The molecule has 0 radical (unpaired) electrons. The Kier molecular flexibility index (Phi) is 4.18. The van der Waals surface area contributed by atoms with Gasteiger partial charge in [0.2, 0.25) is 0 Å². The van der Waals surface area contributed by atoms with E-state index >= 15 is 0 Å². The molecule has 0 atom stereocenters. The van der Waals surface area contributed by atoms with Crippen molar-refractivity contribution in [3.8, 4) is 11.4 Å². The van der Waals surface area contributed by atoms with Crippen LogP contribution in [0.2, 0.25) is 5.02 Å². The molecular weight excluding hydrogens is 302 g/mol. The molecule has 0 fully saturated rings. The SMILES string of the molecule is Cc1ccc(Sc2ccc(-c3ccccn3)nn2)c(Cl)c1. The highest BCUT2D eigenvalue weighted by Crippen LogP contribution is 2.32. The Balaban J connectivity index is 1.81. The average molecular weight is 314 g/mol. The molecular formula is C16H12ClN3S. The quantitative estimate of drug-likeness (QED) is 0.705. The summed E-state index contributed by atoms with van der Waals surface area (Å²) >= 11 is 7.73. The fourth-order valence-electron chi connectivity index (χ4n) is 1.83. The summed E-state index contributed by atoms with van der Waals surface area (Å²) < 4.78 is 0. The van der Waals surface area contributed by atoms with E-state index in [2.05, 4.69) is 15.2 Å². The zero-order chi connectivity index (χ0) is 14.7. The minimum Gasteiger partial charge on any atom is -0.255 e. The van der Waals surface area contributed by atoms with E-state index in [-0.39, 0.29) is 0 Å². The lowest BCUT2D eigenvalue weighted by atomic mass is 10.2. The van der Waals surface area contributed by atoms with E-state index < -0.39 is 0 Å². The largest absolute Gasteiger partial charge is 0.255 e. The monoisotopic (exact) mass is 313 g/mol. The maximum atomic E-state index is 6.23. The summed E-state index contributed by atoms with van der Waals surface area (Å²) in [5.41, 5.74) is 2.71. The first-order valence-electron chi connectivity index (χ1n) is 6.41. The van der Waals surface area contributed by atoms with E-state index in [4.69, 9.17) is 11.6 Å². The molecule has 0 saturated carbocycles. The second kappa shape index (κ2) is 6.24. The van der Waals surface area contributed by atoms with Crippen molar-refractivity contribution < 1.29 is 0 Å². The Labute approximate surface area is 132 Å². The van der Waals surface area contributed by atoms with Gasteiger partial charge in [-0.2, -0.15) is 0 Å². The molecule has 0 N–H and O–H groups in total. The van der Waals surface area contributed by atoms with Gasteiger partial charge in [0.15, 0.2) is 0 Å². The molecule has 104 valence electrons. The molecule has 0 amide bonds. The lowest BCUT2D eigenvalue weighted by Crippen LogP contribution is -1.91. The van der Waals surface area contributed by atoms with E-state index in [1.807, 2.05) is 55.5 Å². The minimum atomic E-state index is 0.732. The van der Waals surface area contributed by atoms with Gasteiger partial charge in [-0.15, -0.1) is 10.2 Å². The molecule has 2 heterocycles. The van der Waals surface area contributed by atoms with Crippen LogP contribution < -0.4 is 0 Å². The fraction of sp³-hybridized carbons (Fsp3) is 0.0625. The summed E-state index contributed by atoms with van der Waals surface area (Å²) in [6, 6.07) is 15.5. The first kappa shape index (κ1) is 14.0. The van der Waals surface area contributed by atoms with Crippen molar-refractivity contribution in [2.75, 3.05) is 0 Å². The third-order valence-corrected chi connectivity index (χ3v) is 4.30. The van der Waals surface area contributed by atoms with Crippen LogP contribution in [0, 0.1) is 6.92 Å². The number of hydrogen-bond acceptors (Lipinski definition) is 4. The maximum Gasteiger partial charge on any atom is 0.124 e. The molecule has 0 aliphatic carbocycles. The van der Waals surface area contributed by atoms with Gasteiger partial charge in [-0.25, -0.2) is 0 Å². The fourth-order valence-corrected chi connectivity index (χ4v) is 2.91. The molecule has 21 heavy (non-hydrogen) atoms. The Morgan fingerprint density at radius 1 is 0.952 bits per heavy atom. The number of aromatic nitrogens is 3. The molecule has 0 aliphatic rings. The molecule has 0 saturated heterocycles. The molecule has 1 aromatic carbocycles. The van der Waals surface area contributed by atoms with Crippen molar-refractivity contribution in [2.24, 2.45) is 0 Å². The highest BCUT2D eigenvalue weighted by atomic mass is 35.5. The lowest BCUT2D eigenvalue weighted by molar-refractivity contribution is 0.931. The van der Waals surface area contributed by atoms with E-state index in [0.29, 0.717) is 0 Å². The van der Waals surface area contributed by atoms with Crippen LogP contribution in [-0.2, 0) is 0 Å². The zero-order valence-electron chi connectivity index (χ0n) is 11.3. The Morgan fingerprint density at radius 3 is 2.52 bits per heavy atom. The Bertz CT molecular complexity index is 745. The summed E-state index contributed by atoms with van der Waals surface area (Å²) in [4.78, 5) is 5.23. The molecule has 5 heteroatoms. The number of nitrogens with zero attached hydrogens (tertiary/aromatic N) is 3. The summed E-state index contributed by atoms with van der Waals surface area (Å²) in [6.45, 7) is 2.02. The summed E-state index contributed by atoms with van der Waals surface area (Å²) in [7, 11) is 0. The van der Waals surface area contributed by atoms with Crippen molar-refractivity contribution >= 4 is 23.4 Å². The lowest BCUT2D eigenvalue weighted by Gasteiger charge is -2.04. The summed E-state index contributed by atoms with van der Waals surface area (Å²) in [6.07, 6.45) is 1.74. The first-order chi connectivity index (χ1) is 10.2. The average Bonchev–Trinajstić information content (AvgIpc) is 2.52. The number of benzene rings is 1. The highest BCUT2D eigenvalue weighted by molar-refractivity contribution is 7.99. The third-order valence-electron chi connectivity index (χ3n) is 2.87. The van der Waals surface area contributed by atoms with Gasteiger partial charge in [-0.05, 0) is 48.9 Å². The number of aryl methyl sites for hydroxylation is 1. The Hall–Kier alpha value is -1.91. The van der Waals surface area contributed by atoms with E-state index in [0.717, 1.165) is 31.9 Å². The molecule has 0 bridgehead atoms. The van der Waals surface area contributed by atoms with Gasteiger partial charge in [0.25, 0.3) is 0 Å². The standard InChI is InChI=1S/C16H12ClN3S/c1-11-5-7-15(12(17)10-11)21-16-8-6-14(19-20-16)13-4-2-3-9-18-13/h2-10H,1H3. The number of rotatable bonds is 3. The van der Waals surface area contributed by atoms with Crippen LogP contribution in [0.25, 0.3) is 11.4 Å². The van der Waals surface area contributed by atoms with Gasteiger partial charge in [-0.1, -0.05) is 35.5 Å². The topological polar surface area (TPSA) is 38.7 Å². The predicted octanol–water partition coefficient (Wildman–Crippen LogP) is 4.65. The van der Waals surface area contributed by atoms with Crippen LogP contribution in [0.5, 0.6) is 0 Å². The van der Waals surface area contributed by atoms with E-state index in [9.17, 15) is 0 Å². The van der Waals surface area contributed by atoms with Crippen LogP contribution in [0.3, 0.4) is 0 Å². The molecule has 3 rings (SSSR count). The van der Waals surface area contributed by atoms with Crippen molar-refractivity contribution in [2.45, 2.75) is 16.8 Å². The molecule has 0 unspecified atom stereocenters. The van der Waals surface area contributed by atoms with Crippen LogP contribution >= 0.6 is 23.4 Å². The van der Waals surface area contributed by atoms with Crippen molar-refractivity contribution in [1.29, 1.82) is 0 Å². The molecule has 0 spiro atoms. The first-order valence-corrected chi connectivity index (χ1v) is 7.61. The van der Waals surface area contributed by atoms with Crippen LogP contribution in [-0.4, -0.2) is 15.2 Å². The maximum absolute atomic E-state index is 6.23. The van der Waals surface area contributed by atoms with Crippen molar-refractivity contribution in [1.82, 2.24) is 15.2 Å². The van der Waals surface area contributed by atoms with Gasteiger partial charge in [0.05, 0.1) is 10.7 Å². The number of hydrogen-bond donors (Lipinski definition) is 0. The molecule has 3 aromatic rings. The number of pyridine rings is 1. The smallest absolute Gasteiger partial charge is 0.124 e. The van der Waals surface area contributed by atoms with Crippen LogP contribution in [0.15, 0.2) is 64.6 Å². The molecule has 2 aromatic heterocycles. The van der Waals surface area contributed by atoms with Gasteiger partial charge in [0.1, 0.15) is 10.7 Å². The van der Waals surface area contributed by atoms with Crippen molar-refractivity contribution in [3.63, 3.8) is 0 Å². The normalized spacial score (nSPS) is 10.6. The summed E-state index contributed by atoms with van der Waals surface area (Å²) in [5, 5.41) is 9.98. The molecule has 0 aliphatic heterocycles. The molecule has 3 nitrogen and oxygen atoms in total. The van der Waals surface area contributed by atoms with Gasteiger partial charge < -0.3 is 0 Å². The van der Waals surface area contributed by atoms with Gasteiger partial charge in [0, 0.05) is 11.1 Å². The predicted molar refractivity (Wildman–Crippen MR) is 85.6 cm³/mol. The zero-order valence-corrected chi connectivity index (χ0v) is 12.9. The summed E-state index contributed by atoms with van der Waals surface area (Å²) in [5.74, 6) is 0. The Morgan fingerprint density at radius 2 is 1.86 bits per heavy atom. The van der Waals surface area contributed by atoms with E-state index in [1.165, 1.54) is 11.8 Å².